The van der Waals surface area contributed by atoms with Gasteiger partial charge in [0.2, 0.25) is 0 Å². The van der Waals surface area contributed by atoms with Crippen LogP contribution in [0, 0.1) is 11.8 Å². The van der Waals surface area contributed by atoms with E-state index < -0.39 is 0 Å². The fourth-order valence-corrected chi connectivity index (χ4v) is 0.667. The SMILES string of the molecule is CC(C)C(=O)C(C)C.[H-].[Na+]. The van der Waals surface area contributed by atoms with E-state index in [-0.39, 0.29) is 42.8 Å². The first-order chi connectivity index (χ1) is 3.55. The third kappa shape index (κ3) is 5.13. The number of hydrogen-bond acceptors (Lipinski definition) is 1. The Kier molecular flexibility index (Phi) is 7.49. The quantitative estimate of drug-likeness (QED) is 0.447. The van der Waals surface area contributed by atoms with E-state index in [0.29, 0.717) is 5.78 Å². The van der Waals surface area contributed by atoms with Crippen LogP contribution in [-0.2, 0) is 4.79 Å². The molecule has 0 aliphatic carbocycles. The Hall–Kier alpha value is 0.670. The van der Waals surface area contributed by atoms with Gasteiger partial charge in [0.05, 0.1) is 0 Å². The predicted octanol–water partition coefficient (Wildman–Crippen LogP) is -1.02. The van der Waals surface area contributed by atoms with Crippen LogP contribution in [0.2, 0.25) is 0 Å². The summed E-state index contributed by atoms with van der Waals surface area (Å²) in [6, 6.07) is 0. The number of carbonyl (C=O) groups is 1. The van der Waals surface area contributed by atoms with Gasteiger partial charge in [0.1, 0.15) is 5.78 Å². The third-order valence-corrected chi connectivity index (χ3v) is 1.14. The molecule has 2 heteroatoms. The smallest absolute Gasteiger partial charge is 1.00 e. The Balaban J connectivity index is -0.000000245. The van der Waals surface area contributed by atoms with Gasteiger partial charge >= 0.3 is 29.6 Å². The van der Waals surface area contributed by atoms with Crippen LogP contribution < -0.4 is 29.6 Å². The van der Waals surface area contributed by atoms with Crippen molar-refractivity contribution in [1.82, 2.24) is 0 Å². The Labute approximate surface area is 81.0 Å². The van der Waals surface area contributed by atoms with Gasteiger partial charge in [-0.2, -0.15) is 0 Å². The third-order valence-electron chi connectivity index (χ3n) is 1.14. The molecular formula is C7H15NaO. The molecule has 0 rings (SSSR count). The van der Waals surface area contributed by atoms with Crippen LogP contribution in [0.5, 0.6) is 0 Å². The molecule has 0 fully saturated rings. The van der Waals surface area contributed by atoms with E-state index >= 15 is 0 Å². The molecule has 50 valence electrons. The summed E-state index contributed by atoms with van der Waals surface area (Å²) >= 11 is 0. The summed E-state index contributed by atoms with van der Waals surface area (Å²) in [5, 5.41) is 0. The van der Waals surface area contributed by atoms with Crippen LogP contribution in [-0.4, -0.2) is 5.78 Å². The van der Waals surface area contributed by atoms with E-state index in [4.69, 9.17) is 0 Å². The van der Waals surface area contributed by atoms with Gasteiger partial charge < -0.3 is 1.43 Å². The van der Waals surface area contributed by atoms with E-state index in [1.165, 1.54) is 0 Å². The zero-order valence-corrected chi connectivity index (χ0v) is 9.06. The summed E-state index contributed by atoms with van der Waals surface area (Å²) in [7, 11) is 0. The van der Waals surface area contributed by atoms with Crippen LogP contribution in [0.4, 0.5) is 0 Å². The summed E-state index contributed by atoms with van der Waals surface area (Å²) in [6.45, 7) is 7.73. The molecule has 0 aromatic heterocycles. The fraction of sp³-hybridized carbons (Fsp3) is 0.857. The molecule has 1 nitrogen and oxygen atoms in total. The molecule has 0 heterocycles. The average molecular weight is 138 g/mol. The molecule has 0 aromatic carbocycles. The first kappa shape index (κ1) is 12.4. The second-order valence-electron chi connectivity index (χ2n) is 2.71. The molecule has 0 aromatic rings. The van der Waals surface area contributed by atoms with Gasteiger partial charge in [0.25, 0.3) is 0 Å². The van der Waals surface area contributed by atoms with Gasteiger partial charge in [-0.05, 0) is 0 Å². The van der Waals surface area contributed by atoms with Gasteiger partial charge in [-0.1, -0.05) is 27.7 Å². The number of hydrogen-bond donors (Lipinski definition) is 0. The largest absolute Gasteiger partial charge is 1.00 e. The van der Waals surface area contributed by atoms with Gasteiger partial charge in [-0.25, -0.2) is 0 Å². The minimum Gasteiger partial charge on any atom is -1.00 e. The van der Waals surface area contributed by atoms with E-state index in [9.17, 15) is 4.79 Å². The van der Waals surface area contributed by atoms with Crippen molar-refractivity contribution in [2.24, 2.45) is 11.8 Å². The zero-order chi connectivity index (χ0) is 6.73. The molecule has 9 heavy (non-hydrogen) atoms. The Morgan fingerprint density at radius 1 is 1.11 bits per heavy atom. The molecular weight excluding hydrogens is 123 g/mol. The summed E-state index contributed by atoms with van der Waals surface area (Å²) in [5.74, 6) is 0.759. The Bertz CT molecular complexity index is 81.6. The van der Waals surface area contributed by atoms with Crippen molar-refractivity contribution in [3.8, 4) is 0 Å². The number of Topliss-reactive ketones (excluding diaryl/α,β-unsaturated/α-hetero) is 1. The normalized spacial score (nSPS) is 9.56. The van der Waals surface area contributed by atoms with Crippen molar-refractivity contribution in [3.05, 3.63) is 0 Å². The standard InChI is InChI=1S/C7H14O.Na.H/c1-5(2)7(8)6(3)4;;/h5-6H,1-4H3;;/q;+1;-1. The number of rotatable bonds is 2. The van der Waals surface area contributed by atoms with Crippen LogP contribution in [0.1, 0.15) is 29.1 Å². The maximum Gasteiger partial charge on any atom is 1.00 e. The zero-order valence-electron chi connectivity index (χ0n) is 8.06. The van der Waals surface area contributed by atoms with E-state index in [2.05, 4.69) is 0 Å². The minimum absolute atomic E-state index is 0. The van der Waals surface area contributed by atoms with Crippen LogP contribution in [0.15, 0.2) is 0 Å². The van der Waals surface area contributed by atoms with Crippen molar-refractivity contribution < 1.29 is 35.8 Å². The van der Waals surface area contributed by atoms with Gasteiger partial charge in [-0.3, -0.25) is 4.79 Å². The van der Waals surface area contributed by atoms with E-state index in [1.807, 2.05) is 27.7 Å². The van der Waals surface area contributed by atoms with E-state index in [1.54, 1.807) is 0 Å². The molecule has 0 radical (unpaired) electrons. The number of ketones is 1. The summed E-state index contributed by atoms with van der Waals surface area (Å²) in [6.07, 6.45) is 0. The first-order valence-corrected chi connectivity index (χ1v) is 3.09. The van der Waals surface area contributed by atoms with Crippen LogP contribution in [0.3, 0.4) is 0 Å². The van der Waals surface area contributed by atoms with Crippen molar-refractivity contribution in [3.63, 3.8) is 0 Å². The van der Waals surface area contributed by atoms with Crippen LogP contribution >= 0.6 is 0 Å². The summed E-state index contributed by atoms with van der Waals surface area (Å²) < 4.78 is 0. The van der Waals surface area contributed by atoms with Crippen molar-refractivity contribution >= 4 is 5.78 Å². The second kappa shape index (κ2) is 5.45. The topological polar surface area (TPSA) is 17.1 Å². The van der Waals surface area contributed by atoms with Crippen molar-refractivity contribution in [2.45, 2.75) is 27.7 Å². The Morgan fingerprint density at radius 3 is 1.33 bits per heavy atom. The molecule has 0 aliphatic rings. The fourth-order valence-electron chi connectivity index (χ4n) is 0.667. The molecule has 0 saturated heterocycles. The van der Waals surface area contributed by atoms with Gasteiger partial charge in [-0.15, -0.1) is 0 Å². The molecule has 0 spiro atoms. The van der Waals surface area contributed by atoms with Crippen molar-refractivity contribution in [1.29, 1.82) is 0 Å². The number of carbonyl (C=O) groups excluding carboxylic acids is 1. The summed E-state index contributed by atoms with van der Waals surface area (Å²) in [4.78, 5) is 10.8. The molecule has 0 unspecified atom stereocenters. The molecule has 0 saturated carbocycles. The summed E-state index contributed by atoms with van der Waals surface area (Å²) in [5.41, 5.74) is 0. The minimum atomic E-state index is 0. The molecule has 0 bridgehead atoms. The Morgan fingerprint density at radius 2 is 1.33 bits per heavy atom. The van der Waals surface area contributed by atoms with E-state index in [0.717, 1.165) is 0 Å². The molecule has 0 amide bonds. The molecule has 0 aliphatic heterocycles. The predicted molar refractivity (Wildman–Crippen MR) is 35.8 cm³/mol. The maximum atomic E-state index is 10.8. The average Bonchev–Trinajstić information content (AvgIpc) is 1.64. The second-order valence-corrected chi connectivity index (χ2v) is 2.71. The van der Waals surface area contributed by atoms with Crippen molar-refractivity contribution in [2.75, 3.05) is 0 Å². The van der Waals surface area contributed by atoms with Crippen LogP contribution in [0.25, 0.3) is 0 Å². The van der Waals surface area contributed by atoms with Gasteiger partial charge in [0, 0.05) is 11.8 Å². The monoisotopic (exact) mass is 138 g/mol. The molecule has 0 N–H and O–H groups in total. The van der Waals surface area contributed by atoms with Gasteiger partial charge in [0.15, 0.2) is 0 Å². The first-order valence-electron chi connectivity index (χ1n) is 3.09. The molecule has 0 atom stereocenters. The maximum absolute atomic E-state index is 10.8.